The zero-order valence-electron chi connectivity index (χ0n) is 21.1. The second-order valence-electron chi connectivity index (χ2n) is 9.21. The Morgan fingerprint density at radius 2 is 1.71 bits per heavy atom. The van der Waals surface area contributed by atoms with Gasteiger partial charge in [-0.2, -0.15) is 5.10 Å². The van der Waals surface area contributed by atoms with Crippen molar-refractivity contribution >= 4 is 5.91 Å². The first-order valence-electron chi connectivity index (χ1n) is 12.8. The number of hydrogen-bond acceptors (Lipinski definition) is 4. The zero-order valence-corrected chi connectivity index (χ0v) is 21.1. The van der Waals surface area contributed by atoms with E-state index in [1.807, 2.05) is 37.3 Å². The van der Waals surface area contributed by atoms with E-state index in [0.29, 0.717) is 36.8 Å². The van der Waals surface area contributed by atoms with E-state index >= 15 is 0 Å². The van der Waals surface area contributed by atoms with E-state index in [-0.39, 0.29) is 24.4 Å². The molecule has 0 unspecified atom stereocenters. The lowest BCUT2D eigenvalue weighted by molar-refractivity contribution is 0.0505. The summed E-state index contributed by atoms with van der Waals surface area (Å²) < 4.78 is 41.1. The van der Waals surface area contributed by atoms with Gasteiger partial charge in [-0.1, -0.05) is 25.1 Å². The van der Waals surface area contributed by atoms with E-state index in [2.05, 4.69) is 0 Å². The molecule has 1 aliphatic heterocycles. The summed E-state index contributed by atoms with van der Waals surface area (Å²) in [4.78, 5) is 15.4. The van der Waals surface area contributed by atoms with Crippen LogP contribution in [0, 0.1) is 11.6 Å². The molecule has 38 heavy (non-hydrogen) atoms. The zero-order chi connectivity index (χ0) is 26.5. The Morgan fingerprint density at radius 1 is 1.03 bits per heavy atom. The van der Waals surface area contributed by atoms with E-state index in [1.54, 1.807) is 21.7 Å². The molecule has 0 saturated carbocycles. The van der Waals surface area contributed by atoms with Gasteiger partial charge in [0.25, 0.3) is 5.91 Å². The van der Waals surface area contributed by atoms with Crippen LogP contribution in [0.1, 0.15) is 41.4 Å². The Bertz CT molecular complexity index is 1370. The van der Waals surface area contributed by atoms with Crippen molar-refractivity contribution in [3.8, 4) is 17.3 Å². The van der Waals surface area contributed by atoms with Crippen LogP contribution >= 0.6 is 0 Å². The number of para-hydroxylation sites is 1. The molecule has 4 aromatic rings. The summed E-state index contributed by atoms with van der Waals surface area (Å²) in [5.41, 5.74) is 2.70. The fourth-order valence-electron chi connectivity index (χ4n) is 4.60. The standard InChI is InChI=1S/C30H29F2N3O3/c1-2-28-27(20-34(19-26-9-6-18-37-26)29(36)21-10-12-22(31)13-11-21)30(38-25-16-14-23(32)15-17-25)35(33-28)24-7-4-3-5-8-24/h3-5,7-8,10-17,26H,2,6,9,18-20H2,1H3/t26-/m1/s1. The molecule has 0 radical (unpaired) electrons. The van der Waals surface area contributed by atoms with Crippen molar-refractivity contribution < 1.29 is 23.0 Å². The third kappa shape index (κ3) is 5.75. The quantitative estimate of drug-likeness (QED) is 0.261. The molecule has 5 rings (SSSR count). The van der Waals surface area contributed by atoms with Crippen LogP contribution in [0.15, 0.2) is 78.9 Å². The Labute approximate surface area is 220 Å². The summed E-state index contributed by atoms with van der Waals surface area (Å²) in [5.74, 6) is -0.106. The van der Waals surface area contributed by atoms with Crippen molar-refractivity contribution in [3.63, 3.8) is 0 Å². The SMILES string of the molecule is CCc1nn(-c2ccccc2)c(Oc2ccc(F)cc2)c1CN(C[C@H]1CCCO1)C(=O)c1ccc(F)cc1. The predicted octanol–water partition coefficient (Wildman–Crippen LogP) is 6.33. The van der Waals surface area contributed by atoms with Crippen molar-refractivity contribution in [3.05, 3.63) is 107 Å². The number of aromatic nitrogens is 2. The van der Waals surface area contributed by atoms with Gasteiger partial charge in [0.1, 0.15) is 17.4 Å². The maximum absolute atomic E-state index is 13.7. The van der Waals surface area contributed by atoms with Gasteiger partial charge in [-0.05, 0) is 79.9 Å². The summed E-state index contributed by atoms with van der Waals surface area (Å²) in [6, 6.07) is 20.9. The van der Waals surface area contributed by atoms with Gasteiger partial charge in [0.2, 0.25) is 5.88 Å². The summed E-state index contributed by atoms with van der Waals surface area (Å²) >= 11 is 0. The molecular weight excluding hydrogens is 488 g/mol. The number of hydrogen-bond donors (Lipinski definition) is 0. The molecule has 1 fully saturated rings. The lowest BCUT2D eigenvalue weighted by atomic mass is 10.1. The largest absolute Gasteiger partial charge is 0.439 e. The molecule has 0 bridgehead atoms. The van der Waals surface area contributed by atoms with Gasteiger partial charge in [0, 0.05) is 18.7 Å². The van der Waals surface area contributed by atoms with Crippen molar-refractivity contribution in [1.82, 2.24) is 14.7 Å². The summed E-state index contributed by atoms with van der Waals surface area (Å²) in [5, 5.41) is 4.84. The molecule has 3 aromatic carbocycles. The Balaban J connectivity index is 1.56. The molecule has 1 atom stereocenters. The van der Waals surface area contributed by atoms with Crippen LogP contribution in [0.5, 0.6) is 11.6 Å². The third-order valence-corrected chi connectivity index (χ3v) is 6.56. The van der Waals surface area contributed by atoms with Crippen molar-refractivity contribution in [1.29, 1.82) is 0 Å². The van der Waals surface area contributed by atoms with Gasteiger partial charge in [-0.3, -0.25) is 4.79 Å². The summed E-state index contributed by atoms with van der Waals surface area (Å²) in [6.45, 7) is 3.25. The fourth-order valence-corrected chi connectivity index (χ4v) is 4.60. The summed E-state index contributed by atoms with van der Waals surface area (Å²) in [7, 11) is 0. The highest BCUT2D eigenvalue weighted by Gasteiger charge is 2.28. The van der Waals surface area contributed by atoms with E-state index in [0.717, 1.165) is 29.8 Å². The molecule has 6 nitrogen and oxygen atoms in total. The smallest absolute Gasteiger partial charge is 0.254 e. The maximum atomic E-state index is 13.7. The van der Waals surface area contributed by atoms with Gasteiger partial charge in [0.15, 0.2) is 0 Å². The number of nitrogens with zero attached hydrogens (tertiary/aromatic N) is 3. The summed E-state index contributed by atoms with van der Waals surface area (Å²) in [6.07, 6.45) is 2.31. The molecule has 0 aliphatic carbocycles. The Morgan fingerprint density at radius 3 is 2.34 bits per heavy atom. The molecule has 1 aromatic heterocycles. The number of amides is 1. The number of halogens is 2. The van der Waals surface area contributed by atoms with Gasteiger partial charge >= 0.3 is 0 Å². The van der Waals surface area contributed by atoms with Crippen molar-refractivity contribution in [2.24, 2.45) is 0 Å². The second-order valence-corrected chi connectivity index (χ2v) is 9.21. The van der Waals surface area contributed by atoms with E-state index in [1.165, 1.54) is 36.4 Å². The molecule has 196 valence electrons. The minimum atomic E-state index is -0.403. The van der Waals surface area contributed by atoms with Gasteiger partial charge < -0.3 is 14.4 Å². The first-order valence-corrected chi connectivity index (χ1v) is 12.8. The highest BCUT2D eigenvalue weighted by molar-refractivity contribution is 5.94. The number of carbonyl (C=O) groups is 1. The third-order valence-electron chi connectivity index (χ3n) is 6.56. The van der Waals surface area contributed by atoms with Crippen molar-refractivity contribution in [2.45, 2.75) is 38.8 Å². The first kappa shape index (κ1) is 25.6. The van der Waals surface area contributed by atoms with Gasteiger partial charge in [0.05, 0.1) is 29.6 Å². The minimum Gasteiger partial charge on any atom is -0.439 e. The monoisotopic (exact) mass is 517 g/mol. The lowest BCUT2D eigenvalue weighted by Crippen LogP contribution is -2.37. The van der Waals surface area contributed by atoms with Crippen LogP contribution in [0.2, 0.25) is 0 Å². The number of aryl methyl sites for hydroxylation is 1. The molecule has 2 heterocycles. The molecule has 8 heteroatoms. The predicted molar refractivity (Wildman–Crippen MR) is 140 cm³/mol. The molecule has 0 spiro atoms. The topological polar surface area (TPSA) is 56.6 Å². The molecule has 1 amide bonds. The average molecular weight is 518 g/mol. The highest BCUT2D eigenvalue weighted by atomic mass is 19.1. The molecule has 1 saturated heterocycles. The van der Waals surface area contributed by atoms with E-state index in [4.69, 9.17) is 14.6 Å². The fraction of sp³-hybridized carbons (Fsp3) is 0.267. The first-order chi connectivity index (χ1) is 18.5. The van der Waals surface area contributed by atoms with E-state index < -0.39 is 5.82 Å². The van der Waals surface area contributed by atoms with Crippen LogP contribution in [-0.2, 0) is 17.7 Å². The number of ether oxygens (including phenoxy) is 2. The van der Waals surface area contributed by atoms with Crippen LogP contribution in [0.25, 0.3) is 5.69 Å². The number of carbonyl (C=O) groups excluding carboxylic acids is 1. The van der Waals surface area contributed by atoms with E-state index in [9.17, 15) is 13.6 Å². The molecular formula is C30H29F2N3O3. The molecule has 1 aliphatic rings. The van der Waals surface area contributed by atoms with Crippen LogP contribution in [0.3, 0.4) is 0 Å². The normalized spacial score (nSPS) is 15.0. The maximum Gasteiger partial charge on any atom is 0.254 e. The van der Waals surface area contributed by atoms with Crippen LogP contribution < -0.4 is 4.74 Å². The average Bonchev–Trinajstić information content (AvgIpc) is 3.58. The van der Waals surface area contributed by atoms with Crippen LogP contribution in [-0.4, -0.2) is 39.8 Å². The Hall–Kier alpha value is -4.04. The van der Waals surface area contributed by atoms with Crippen molar-refractivity contribution in [2.75, 3.05) is 13.2 Å². The highest BCUT2D eigenvalue weighted by Crippen LogP contribution is 2.33. The molecule has 0 N–H and O–H groups in total. The number of rotatable bonds is 9. The lowest BCUT2D eigenvalue weighted by Gasteiger charge is -2.26. The number of benzene rings is 3. The minimum absolute atomic E-state index is 0.0879. The van der Waals surface area contributed by atoms with Gasteiger partial charge in [-0.15, -0.1) is 0 Å². The second kappa shape index (κ2) is 11.6. The van der Waals surface area contributed by atoms with Crippen LogP contribution in [0.4, 0.5) is 8.78 Å². The van der Waals surface area contributed by atoms with Gasteiger partial charge in [-0.25, -0.2) is 13.5 Å². The Kier molecular flexibility index (Phi) is 7.79.